The Hall–Kier alpha value is -3.49. The predicted molar refractivity (Wildman–Crippen MR) is 128 cm³/mol. The quantitative estimate of drug-likeness (QED) is 0.239. The summed E-state index contributed by atoms with van der Waals surface area (Å²) in [6.07, 6.45) is 2.74. The fourth-order valence-electron chi connectivity index (χ4n) is 4.38. The molecular weight excluding hydrogens is 454 g/mol. The second-order valence-corrected chi connectivity index (χ2v) is 10.3. The molecule has 1 aliphatic rings. The predicted octanol–water partition coefficient (Wildman–Crippen LogP) is 4.48. The molecule has 8 heteroatoms. The topological polar surface area (TPSA) is 93.9 Å². The number of sulfonamides is 1. The van der Waals surface area contributed by atoms with E-state index in [2.05, 4.69) is 0 Å². The van der Waals surface area contributed by atoms with Gasteiger partial charge in [0.2, 0.25) is 10.0 Å². The van der Waals surface area contributed by atoms with Crippen LogP contribution in [0.5, 0.6) is 0 Å². The van der Waals surface area contributed by atoms with Crippen molar-refractivity contribution in [2.75, 3.05) is 13.1 Å². The Morgan fingerprint density at radius 1 is 0.941 bits per heavy atom. The Morgan fingerprint density at radius 3 is 2.44 bits per heavy atom. The van der Waals surface area contributed by atoms with Gasteiger partial charge in [-0.25, -0.2) is 18.0 Å². The lowest BCUT2D eigenvalue weighted by molar-refractivity contribution is 0.0473. The van der Waals surface area contributed by atoms with Crippen molar-refractivity contribution in [3.63, 3.8) is 0 Å². The van der Waals surface area contributed by atoms with Gasteiger partial charge in [0.15, 0.2) is 0 Å². The van der Waals surface area contributed by atoms with Gasteiger partial charge >= 0.3 is 11.6 Å². The number of carbonyl (C=O) groups excluding carboxylic acids is 1. The zero-order valence-corrected chi connectivity index (χ0v) is 19.2. The minimum Gasteiger partial charge on any atom is -0.457 e. The van der Waals surface area contributed by atoms with Crippen molar-refractivity contribution in [1.82, 2.24) is 4.31 Å². The molecule has 0 N–H and O–H groups in total. The Bertz CT molecular complexity index is 1530. The minimum atomic E-state index is -3.57. The third kappa shape index (κ3) is 4.22. The number of benzene rings is 3. The molecule has 0 saturated carbocycles. The summed E-state index contributed by atoms with van der Waals surface area (Å²) in [6.45, 7) is 0.905. The van der Waals surface area contributed by atoms with Crippen LogP contribution in [0, 0.1) is 0 Å². The van der Waals surface area contributed by atoms with Crippen LogP contribution in [-0.2, 0) is 21.4 Å². The standard InChI is InChI=1S/C26H23NO6S/c28-24-16-20(25-22-7-3-2-6-18(22)10-13-23(25)33-24)17-32-26(29)19-8-11-21(12-9-19)34(30,31)27-14-4-1-5-15-27/h2-3,6-13,16H,1,4-5,14-15,17H2. The normalized spacial score (nSPS) is 14.9. The largest absolute Gasteiger partial charge is 0.457 e. The molecule has 3 aromatic carbocycles. The van der Waals surface area contributed by atoms with Crippen LogP contribution >= 0.6 is 0 Å². The second kappa shape index (κ2) is 9.04. The number of hydrogen-bond acceptors (Lipinski definition) is 6. The molecule has 0 radical (unpaired) electrons. The Morgan fingerprint density at radius 2 is 1.68 bits per heavy atom. The summed E-state index contributed by atoms with van der Waals surface area (Å²) in [5.74, 6) is -0.608. The molecule has 0 unspecified atom stereocenters. The Kier molecular flexibility index (Phi) is 5.93. The van der Waals surface area contributed by atoms with Crippen LogP contribution in [-0.4, -0.2) is 31.8 Å². The highest BCUT2D eigenvalue weighted by molar-refractivity contribution is 7.89. The molecule has 1 fully saturated rings. The molecule has 5 rings (SSSR count). The average Bonchev–Trinajstić information content (AvgIpc) is 2.87. The molecule has 0 bridgehead atoms. The molecular formula is C26H23NO6S. The summed E-state index contributed by atoms with van der Waals surface area (Å²) >= 11 is 0. The molecule has 34 heavy (non-hydrogen) atoms. The number of fused-ring (bicyclic) bond motifs is 3. The van der Waals surface area contributed by atoms with Gasteiger partial charge in [-0.1, -0.05) is 36.8 Å². The van der Waals surface area contributed by atoms with Crippen LogP contribution < -0.4 is 5.63 Å². The molecule has 1 aliphatic heterocycles. The van der Waals surface area contributed by atoms with Crippen LogP contribution in [0.3, 0.4) is 0 Å². The second-order valence-electron chi connectivity index (χ2n) is 8.32. The average molecular weight is 478 g/mol. The number of hydrogen-bond donors (Lipinski definition) is 0. The van der Waals surface area contributed by atoms with Crippen LogP contribution in [0.1, 0.15) is 35.2 Å². The van der Waals surface area contributed by atoms with E-state index in [4.69, 9.17) is 9.15 Å². The number of carbonyl (C=O) groups is 1. The minimum absolute atomic E-state index is 0.122. The Balaban J connectivity index is 1.37. The third-order valence-corrected chi connectivity index (χ3v) is 8.03. The maximum atomic E-state index is 12.8. The van der Waals surface area contributed by atoms with Gasteiger partial charge in [-0.05, 0) is 53.9 Å². The van der Waals surface area contributed by atoms with E-state index in [1.165, 1.54) is 34.6 Å². The van der Waals surface area contributed by atoms with E-state index in [-0.39, 0.29) is 17.1 Å². The summed E-state index contributed by atoms with van der Waals surface area (Å²) in [5, 5.41) is 2.58. The summed E-state index contributed by atoms with van der Waals surface area (Å²) < 4.78 is 37.9. The highest BCUT2D eigenvalue weighted by atomic mass is 32.2. The Labute approximate surface area is 196 Å². The fourth-order valence-corrected chi connectivity index (χ4v) is 5.89. The first-order valence-electron chi connectivity index (χ1n) is 11.2. The van der Waals surface area contributed by atoms with Gasteiger partial charge in [0.25, 0.3) is 0 Å². The first-order valence-corrected chi connectivity index (χ1v) is 12.6. The zero-order chi connectivity index (χ0) is 23.7. The summed E-state index contributed by atoms with van der Waals surface area (Å²) in [4.78, 5) is 24.9. The molecule has 2 heterocycles. The summed E-state index contributed by atoms with van der Waals surface area (Å²) in [7, 11) is -3.57. The van der Waals surface area contributed by atoms with E-state index in [1.54, 1.807) is 6.07 Å². The lowest BCUT2D eigenvalue weighted by Gasteiger charge is -2.25. The van der Waals surface area contributed by atoms with Crippen molar-refractivity contribution in [2.45, 2.75) is 30.8 Å². The number of piperidine rings is 1. The van der Waals surface area contributed by atoms with Crippen molar-refractivity contribution in [3.8, 4) is 0 Å². The highest BCUT2D eigenvalue weighted by Crippen LogP contribution is 2.28. The molecule has 1 saturated heterocycles. The van der Waals surface area contributed by atoms with Gasteiger partial charge in [-0.3, -0.25) is 0 Å². The molecule has 7 nitrogen and oxygen atoms in total. The molecule has 0 spiro atoms. The van der Waals surface area contributed by atoms with Crippen molar-refractivity contribution < 1.29 is 22.4 Å². The monoisotopic (exact) mass is 477 g/mol. The van der Waals surface area contributed by atoms with Gasteiger partial charge in [0.1, 0.15) is 12.2 Å². The third-order valence-electron chi connectivity index (χ3n) is 6.12. The van der Waals surface area contributed by atoms with E-state index in [9.17, 15) is 18.0 Å². The van der Waals surface area contributed by atoms with Gasteiger partial charge in [-0.2, -0.15) is 4.31 Å². The van der Waals surface area contributed by atoms with Crippen LogP contribution in [0.25, 0.3) is 21.7 Å². The fraction of sp³-hybridized carbons (Fsp3) is 0.231. The van der Waals surface area contributed by atoms with Crippen molar-refractivity contribution in [3.05, 3.63) is 88.3 Å². The van der Waals surface area contributed by atoms with Crippen LogP contribution in [0.2, 0.25) is 0 Å². The van der Waals surface area contributed by atoms with Crippen molar-refractivity contribution >= 4 is 37.7 Å². The van der Waals surface area contributed by atoms with E-state index >= 15 is 0 Å². The SMILES string of the molecule is O=C(OCc1cc(=O)oc2ccc3ccccc3c12)c1ccc(S(=O)(=O)N2CCCCC2)cc1. The molecule has 0 atom stereocenters. The van der Waals surface area contributed by atoms with E-state index in [1.807, 2.05) is 30.3 Å². The molecule has 4 aromatic rings. The van der Waals surface area contributed by atoms with E-state index in [0.29, 0.717) is 29.6 Å². The highest BCUT2D eigenvalue weighted by Gasteiger charge is 2.26. The number of esters is 1. The van der Waals surface area contributed by atoms with Crippen LogP contribution in [0.4, 0.5) is 0 Å². The summed E-state index contributed by atoms with van der Waals surface area (Å²) in [5.41, 5.74) is 0.668. The van der Waals surface area contributed by atoms with Gasteiger partial charge in [0, 0.05) is 30.1 Å². The van der Waals surface area contributed by atoms with E-state index in [0.717, 1.165) is 30.0 Å². The number of ether oxygens (including phenoxy) is 1. The van der Waals surface area contributed by atoms with Crippen molar-refractivity contribution in [2.24, 2.45) is 0 Å². The zero-order valence-electron chi connectivity index (χ0n) is 18.4. The van der Waals surface area contributed by atoms with Crippen molar-refractivity contribution in [1.29, 1.82) is 0 Å². The first kappa shape index (κ1) is 22.3. The molecule has 174 valence electrons. The van der Waals surface area contributed by atoms with Crippen LogP contribution in [0.15, 0.2) is 80.8 Å². The maximum Gasteiger partial charge on any atom is 0.338 e. The van der Waals surface area contributed by atoms with Gasteiger partial charge in [0.05, 0.1) is 10.5 Å². The van der Waals surface area contributed by atoms with Gasteiger partial charge < -0.3 is 9.15 Å². The van der Waals surface area contributed by atoms with Gasteiger partial charge in [-0.15, -0.1) is 0 Å². The lowest BCUT2D eigenvalue weighted by atomic mass is 10.0. The maximum absolute atomic E-state index is 12.8. The molecule has 0 amide bonds. The summed E-state index contributed by atoms with van der Waals surface area (Å²) in [6, 6.07) is 18.4. The number of nitrogens with zero attached hydrogens (tertiary/aromatic N) is 1. The molecule has 1 aromatic heterocycles. The smallest absolute Gasteiger partial charge is 0.338 e. The van der Waals surface area contributed by atoms with E-state index < -0.39 is 21.6 Å². The first-order chi connectivity index (χ1) is 16.4. The molecule has 0 aliphatic carbocycles. The lowest BCUT2D eigenvalue weighted by Crippen LogP contribution is -2.35. The number of rotatable bonds is 5.